The van der Waals surface area contributed by atoms with E-state index in [0.717, 1.165) is 25.9 Å². The first-order valence-electron chi connectivity index (χ1n) is 8.34. The number of imidazole rings is 1. The number of carbonyl (C=O) groups is 1. The molecule has 0 bridgehead atoms. The van der Waals surface area contributed by atoms with Crippen LogP contribution in [-0.4, -0.2) is 38.3 Å². The lowest BCUT2D eigenvalue weighted by Gasteiger charge is -2.44. The molecule has 1 saturated carbocycles. The number of aromatic nitrogens is 3. The van der Waals surface area contributed by atoms with Crippen LogP contribution in [0.25, 0.3) is 5.65 Å². The Labute approximate surface area is 130 Å². The normalized spacial score (nSPS) is 21.4. The summed E-state index contributed by atoms with van der Waals surface area (Å²) in [7, 11) is 0. The van der Waals surface area contributed by atoms with Gasteiger partial charge in [0.15, 0.2) is 11.3 Å². The molecule has 1 aliphatic carbocycles. The van der Waals surface area contributed by atoms with Crippen LogP contribution in [-0.2, 0) is 0 Å². The van der Waals surface area contributed by atoms with E-state index in [1.807, 2.05) is 21.7 Å². The Bertz CT molecular complexity index is 677. The fourth-order valence-corrected chi connectivity index (χ4v) is 4.14. The molecule has 116 valence electrons. The molecule has 1 spiro atoms. The van der Waals surface area contributed by atoms with Crippen molar-refractivity contribution in [2.24, 2.45) is 5.41 Å². The van der Waals surface area contributed by atoms with Crippen LogP contribution in [0.2, 0.25) is 0 Å². The third-order valence-corrected chi connectivity index (χ3v) is 5.54. The van der Waals surface area contributed by atoms with Gasteiger partial charge in [-0.2, -0.15) is 0 Å². The Morgan fingerprint density at radius 2 is 1.64 bits per heavy atom. The Morgan fingerprint density at radius 1 is 0.955 bits per heavy atom. The van der Waals surface area contributed by atoms with Crippen LogP contribution in [0.15, 0.2) is 24.8 Å². The molecule has 2 fully saturated rings. The number of hydrogen-bond donors (Lipinski definition) is 0. The zero-order valence-electron chi connectivity index (χ0n) is 12.9. The van der Waals surface area contributed by atoms with E-state index in [1.165, 1.54) is 32.1 Å². The average Bonchev–Trinajstić information content (AvgIpc) is 3.04. The van der Waals surface area contributed by atoms with E-state index in [2.05, 4.69) is 9.97 Å². The molecule has 0 N–H and O–H groups in total. The Kier molecular flexibility index (Phi) is 3.36. The molecule has 2 aromatic rings. The van der Waals surface area contributed by atoms with Gasteiger partial charge in [0.25, 0.3) is 5.91 Å². The van der Waals surface area contributed by atoms with Crippen LogP contribution >= 0.6 is 0 Å². The van der Waals surface area contributed by atoms with Gasteiger partial charge >= 0.3 is 0 Å². The van der Waals surface area contributed by atoms with Gasteiger partial charge in [0, 0.05) is 37.9 Å². The second-order valence-corrected chi connectivity index (χ2v) is 6.79. The summed E-state index contributed by atoms with van der Waals surface area (Å²) in [5.41, 5.74) is 1.65. The molecule has 0 atom stereocenters. The van der Waals surface area contributed by atoms with Crippen LogP contribution in [0.1, 0.15) is 55.4 Å². The van der Waals surface area contributed by atoms with E-state index in [9.17, 15) is 4.79 Å². The lowest BCUT2D eigenvalue weighted by atomic mass is 9.68. The molecule has 1 aliphatic heterocycles. The highest BCUT2D eigenvalue weighted by Gasteiger charge is 2.37. The van der Waals surface area contributed by atoms with Crippen LogP contribution in [0.4, 0.5) is 0 Å². The largest absolute Gasteiger partial charge is 0.337 e. The first kappa shape index (κ1) is 13.7. The minimum absolute atomic E-state index is 0.0301. The van der Waals surface area contributed by atoms with Crippen molar-refractivity contribution in [3.8, 4) is 0 Å². The lowest BCUT2D eigenvalue weighted by Crippen LogP contribution is -2.44. The van der Waals surface area contributed by atoms with Gasteiger partial charge < -0.3 is 9.30 Å². The van der Waals surface area contributed by atoms with Gasteiger partial charge in [-0.05, 0) is 31.1 Å². The van der Waals surface area contributed by atoms with Crippen molar-refractivity contribution in [2.45, 2.75) is 44.9 Å². The highest BCUT2D eigenvalue weighted by Crippen LogP contribution is 2.44. The minimum Gasteiger partial charge on any atom is -0.337 e. The summed E-state index contributed by atoms with van der Waals surface area (Å²) >= 11 is 0. The van der Waals surface area contributed by atoms with Gasteiger partial charge in [-0.1, -0.05) is 19.3 Å². The number of hydrogen-bond acceptors (Lipinski definition) is 3. The lowest BCUT2D eigenvalue weighted by molar-refractivity contribution is 0.0468. The van der Waals surface area contributed by atoms with Gasteiger partial charge in [0.2, 0.25) is 0 Å². The Hall–Kier alpha value is -1.91. The predicted octanol–water partition coefficient (Wildman–Crippen LogP) is 2.92. The van der Waals surface area contributed by atoms with Gasteiger partial charge in [0.1, 0.15) is 0 Å². The fourth-order valence-electron chi connectivity index (χ4n) is 4.14. The fraction of sp³-hybridized carbons (Fsp3) is 0.588. The van der Waals surface area contributed by atoms with Gasteiger partial charge in [-0.3, -0.25) is 4.79 Å². The molecule has 5 nitrogen and oxygen atoms in total. The maximum absolute atomic E-state index is 12.8. The average molecular weight is 298 g/mol. The van der Waals surface area contributed by atoms with Crippen molar-refractivity contribution >= 4 is 11.6 Å². The SMILES string of the molecule is O=C(c1nccn2ccnc12)N1CCC2(CCCCC2)CC1. The topological polar surface area (TPSA) is 50.5 Å². The van der Waals surface area contributed by atoms with Crippen molar-refractivity contribution in [1.29, 1.82) is 0 Å². The van der Waals surface area contributed by atoms with E-state index >= 15 is 0 Å². The van der Waals surface area contributed by atoms with E-state index in [0.29, 0.717) is 16.8 Å². The molecule has 3 heterocycles. The maximum atomic E-state index is 12.8. The molecule has 0 radical (unpaired) electrons. The number of amides is 1. The summed E-state index contributed by atoms with van der Waals surface area (Å²) in [6.45, 7) is 1.73. The summed E-state index contributed by atoms with van der Waals surface area (Å²) in [5.74, 6) is 0.0301. The molecule has 4 rings (SSSR count). The Balaban J connectivity index is 1.51. The van der Waals surface area contributed by atoms with E-state index in [1.54, 1.807) is 12.4 Å². The second-order valence-electron chi connectivity index (χ2n) is 6.79. The first-order chi connectivity index (χ1) is 10.8. The molecular weight excluding hydrogens is 276 g/mol. The molecule has 2 aliphatic rings. The predicted molar refractivity (Wildman–Crippen MR) is 83.6 cm³/mol. The third kappa shape index (κ3) is 2.28. The van der Waals surface area contributed by atoms with E-state index in [-0.39, 0.29) is 5.91 Å². The maximum Gasteiger partial charge on any atom is 0.276 e. The highest BCUT2D eigenvalue weighted by atomic mass is 16.2. The zero-order chi connectivity index (χ0) is 15.0. The molecule has 5 heteroatoms. The summed E-state index contributed by atoms with van der Waals surface area (Å²) in [6.07, 6.45) is 16.2. The van der Waals surface area contributed by atoms with Crippen molar-refractivity contribution in [1.82, 2.24) is 19.3 Å². The van der Waals surface area contributed by atoms with Crippen LogP contribution in [0.3, 0.4) is 0 Å². The quantitative estimate of drug-likeness (QED) is 0.813. The summed E-state index contributed by atoms with van der Waals surface area (Å²) in [6, 6.07) is 0. The monoisotopic (exact) mass is 298 g/mol. The van der Waals surface area contributed by atoms with Crippen molar-refractivity contribution < 1.29 is 4.79 Å². The zero-order valence-corrected chi connectivity index (χ0v) is 12.9. The first-order valence-corrected chi connectivity index (χ1v) is 8.34. The van der Waals surface area contributed by atoms with Crippen molar-refractivity contribution in [3.63, 3.8) is 0 Å². The number of fused-ring (bicyclic) bond motifs is 1. The summed E-state index contributed by atoms with van der Waals surface area (Å²) in [5, 5.41) is 0. The van der Waals surface area contributed by atoms with E-state index < -0.39 is 0 Å². The number of carbonyl (C=O) groups excluding carboxylic acids is 1. The second kappa shape index (κ2) is 5.38. The van der Waals surface area contributed by atoms with Crippen molar-refractivity contribution in [3.05, 3.63) is 30.5 Å². The van der Waals surface area contributed by atoms with Gasteiger partial charge in [-0.25, -0.2) is 9.97 Å². The van der Waals surface area contributed by atoms with Gasteiger partial charge in [0.05, 0.1) is 0 Å². The number of piperidine rings is 1. The molecule has 0 aromatic carbocycles. The van der Waals surface area contributed by atoms with Crippen molar-refractivity contribution in [2.75, 3.05) is 13.1 Å². The minimum atomic E-state index is 0.0301. The molecule has 2 aromatic heterocycles. The van der Waals surface area contributed by atoms with Crippen LogP contribution < -0.4 is 0 Å². The molecule has 0 unspecified atom stereocenters. The standard InChI is InChI=1S/C17H22N4O/c22-16(14-15-19-9-13-20(15)12-8-18-14)21-10-6-17(7-11-21)4-2-1-3-5-17/h8-9,12-13H,1-7,10-11H2. The number of rotatable bonds is 1. The smallest absolute Gasteiger partial charge is 0.276 e. The van der Waals surface area contributed by atoms with Crippen LogP contribution in [0, 0.1) is 5.41 Å². The van der Waals surface area contributed by atoms with E-state index in [4.69, 9.17) is 0 Å². The highest BCUT2D eigenvalue weighted by molar-refractivity contribution is 5.97. The Morgan fingerprint density at radius 3 is 2.36 bits per heavy atom. The van der Waals surface area contributed by atoms with Crippen LogP contribution in [0.5, 0.6) is 0 Å². The number of likely N-dealkylation sites (tertiary alicyclic amines) is 1. The third-order valence-electron chi connectivity index (χ3n) is 5.54. The molecule has 1 amide bonds. The molecule has 22 heavy (non-hydrogen) atoms. The molecular formula is C17H22N4O. The summed E-state index contributed by atoms with van der Waals surface area (Å²) < 4.78 is 1.85. The number of nitrogens with zero attached hydrogens (tertiary/aromatic N) is 4. The summed E-state index contributed by atoms with van der Waals surface area (Å²) in [4.78, 5) is 23.3. The molecule has 1 saturated heterocycles. The van der Waals surface area contributed by atoms with Gasteiger partial charge in [-0.15, -0.1) is 0 Å².